The first-order valence-electron chi connectivity index (χ1n) is 13.5. The van der Waals surface area contributed by atoms with Crippen molar-refractivity contribution in [2.45, 2.75) is 92.0 Å². The summed E-state index contributed by atoms with van der Waals surface area (Å²) >= 11 is 0. The number of alkyl halides is 3. The van der Waals surface area contributed by atoms with E-state index >= 15 is 0 Å². The summed E-state index contributed by atoms with van der Waals surface area (Å²) in [7, 11) is 3.17. The molecule has 0 fully saturated rings. The smallest absolute Gasteiger partial charge is 0.416 e. The lowest BCUT2D eigenvalue weighted by Gasteiger charge is -2.40. The van der Waals surface area contributed by atoms with E-state index in [1.165, 1.54) is 11.0 Å². The lowest BCUT2D eigenvalue weighted by Crippen LogP contribution is -2.61. The topological polar surface area (TPSA) is 87.7 Å². The second-order valence-corrected chi connectivity index (χ2v) is 12.1. The summed E-state index contributed by atoms with van der Waals surface area (Å²) in [5, 5.41) is 5.81. The first kappa shape index (κ1) is 35.1. The minimum Gasteiger partial charge on any atom is -0.463 e. The molecule has 0 spiro atoms. The molecule has 3 atom stereocenters. The Morgan fingerprint density at radius 1 is 1.02 bits per heavy atom. The Kier molecular flexibility index (Phi) is 12.0. The molecule has 2 N–H and O–H groups in total. The van der Waals surface area contributed by atoms with Crippen LogP contribution >= 0.6 is 0 Å². The molecule has 0 aliphatic carbocycles. The molecule has 2 amide bonds. The summed E-state index contributed by atoms with van der Waals surface area (Å²) in [6.07, 6.45) is -2.83. The average Bonchev–Trinajstić information content (AvgIpc) is 2.83. The Labute approximate surface area is 236 Å². The van der Waals surface area contributed by atoms with Crippen LogP contribution < -0.4 is 10.6 Å². The third-order valence-electron chi connectivity index (χ3n) is 7.10. The number of hydrogen-bond donors (Lipinski definition) is 2. The van der Waals surface area contributed by atoms with Crippen molar-refractivity contribution in [3.05, 3.63) is 47.0 Å². The number of nitrogens with one attached hydrogen (secondary N) is 2. The molecule has 1 rings (SSSR count). The van der Waals surface area contributed by atoms with E-state index in [2.05, 4.69) is 10.6 Å². The highest BCUT2D eigenvalue weighted by atomic mass is 19.4. The molecule has 0 radical (unpaired) electrons. The van der Waals surface area contributed by atoms with E-state index in [1.54, 1.807) is 53.9 Å². The van der Waals surface area contributed by atoms with Gasteiger partial charge < -0.3 is 20.3 Å². The van der Waals surface area contributed by atoms with Crippen LogP contribution in [0.25, 0.3) is 0 Å². The van der Waals surface area contributed by atoms with Gasteiger partial charge in [0, 0.05) is 18.0 Å². The molecule has 0 heterocycles. The SMILES string of the molecule is CCOC(=O)C(C)=C[C@H](C(C)C)N(C)C(=O)[C@@H](NC(=O)C(NC)C(C)(C)c1cccc(C(F)(F)F)c1)C(C)(C)C. The first-order chi connectivity index (χ1) is 18.2. The van der Waals surface area contributed by atoms with Crippen LogP contribution in [0.15, 0.2) is 35.9 Å². The fourth-order valence-corrected chi connectivity index (χ4v) is 4.63. The van der Waals surface area contributed by atoms with Gasteiger partial charge in [0.05, 0.1) is 24.3 Å². The second-order valence-electron chi connectivity index (χ2n) is 12.1. The molecule has 0 aliphatic heterocycles. The van der Waals surface area contributed by atoms with Gasteiger partial charge in [-0.15, -0.1) is 0 Å². The Balaban J connectivity index is 3.38. The van der Waals surface area contributed by atoms with E-state index < -0.39 is 52.6 Å². The molecule has 0 aromatic heterocycles. The number of nitrogens with zero attached hydrogens (tertiary/aromatic N) is 1. The van der Waals surface area contributed by atoms with Gasteiger partial charge >= 0.3 is 12.1 Å². The summed E-state index contributed by atoms with van der Waals surface area (Å²) in [5.41, 5.74) is -1.87. The van der Waals surface area contributed by atoms with E-state index in [4.69, 9.17) is 4.74 Å². The number of rotatable bonds is 11. The predicted octanol–water partition coefficient (Wildman–Crippen LogP) is 5.09. The highest BCUT2D eigenvalue weighted by Gasteiger charge is 2.42. The molecular formula is C30H46F3N3O4. The number of amides is 2. The van der Waals surface area contributed by atoms with Gasteiger partial charge in [-0.3, -0.25) is 9.59 Å². The molecule has 40 heavy (non-hydrogen) atoms. The van der Waals surface area contributed by atoms with Gasteiger partial charge in [-0.2, -0.15) is 13.2 Å². The maximum atomic E-state index is 13.9. The van der Waals surface area contributed by atoms with Gasteiger partial charge in [-0.25, -0.2) is 4.79 Å². The van der Waals surface area contributed by atoms with Crippen molar-refractivity contribution >= 4 is 17.8 Å². The Hall–Kier alpha value is -2.88. The Morgan fingerprint density at radius 2 is 1.57 bits per heavy atom. The van der Waals surface area contributed by atoms with E-state index in [1.807, 2.05) is 34.6 Å². The van der Waals surface area contributed by atoms with E-state index in [-0.39, 0.29) is 18.4 Å². The zero-order valence-corrected chi connectivity index (χ0v) is 25.6. The molecule has 1 aromatic carbocycles. The van der Waals surface area contributed by atoms with Gasteiger partial charge in [0.1, 0.15) is 6.04 Å². The number of halogens is 3. The maximum absolute atomic E-state index is 13.9. The zero-order chi connectivity index (χ0) is 31.2. The number of benzene rings is 1. The minimum absolute atomic E-state index is 0.0560. The van der Waals surface area contributed by atoms with E-state index in [0.29, 0.717) is 11.1 Å². The number of hydrogen-bond acceptors (Lipinski definition) is 5. The van der Waals surface area contributed by atoms with Crippen molar-refractivity contribution < 1.29 is 32.3 Å². The maximum Gasteiger partial charge on any atom is 0.416 e. The molecular weight excluding hydrogens is 523 g/mol. The standard InChI is InChI=1S/C30H46F3N3O4/c1-12-40-27(39)19(4)16-22(18(2)3)36(11)26(38)24(28(5,6)7)35-25(37)23(34-10)29(8,9)20-14-13-15-21(17-20)30(31,32)33/h13-18,22-24,34H,12H2,1-11H3,(H,35,37)/t22-,23?,24-/m1/s1. The lowest BCUT2D eigenvalue weighted by atomic mass is 9.76. The van der Waals surface area contributed by atoms with Crippen molar-refractivity contribution in [2.24, 2.45) is 11.3 Å². The van der Waals surface area contributed by atoms with E-state index in [9.17, 15) is 27.6 Å². The first-order valence-corrected chi connectivity index (χ1v) is 13.5. The van der Waals surface area contributed by atoms with Crippen molar-refractivity contribution in [3.8, 4) is 0 Å². The average molecular weight is 570 g/mol. The van der Waals surface area contributed by atoms with Crippen LogP contribution in [0, 0.1) is 11.3 Å². The predicted molar refractivity (Wildman–Crippen MR) is 150 cm³/mol. The van der Waals surface area contributed by atoms with Crippen LogP contribution in [0.4, 0.5) is 13.2 Å². The Morgan fingerprint density at radius 3 is 2.02 bits per heavy atom. The molecule has 10 heteroatoms. The van der Waals surface area contributed by atoms with Crippen LogP contribution in [0.5, 0.6) is 0 Å². The van der Waals surface area contributed by atoms with Crippen molar-refractivity contribution in [1.29, 1.82) is 0 Å². The van der Waals surface area contributed by atoms with Gasteiger partial charge in [0.25, 0.3) is 0 Å². The zero-order valence-electron chi connectivity index (χ0n) is 25.6. The number of esters is 1. The quantitative estimate of drug-likeness (QED) is 0.286. The third kappa shape index (κ3) is 8.81. The molecule has 7 nitrogen and oxygen atoms in total. The highest BCUT2D eigenvalue weighted by Crippen LogP contribution is 2.34. The van der Waals surface area contributed by atoms with Gasteiger partial charge in [0.2, 0.25) is 11.8 Å². The number of likely N-dealkylation sites (N-methyl/N-ethyl adjacent to an activating group) is 2. The molecule has 226 valence electrons. The van der Waals surface area contributed by atoms with E-state index in [0.717, 1.165) is 12.1 Å². The molecule has 0 bridgehead atoms. The summed E-state index contributed by atoms with van der Waals surface area (Å²) in [6, 6.07) is 2.53. The van der Waals surface area contributed by atoms with Crippen LogP contribution in [0.2, 0.25) is 0 Å². The summed E-state index contributed by atoms with van der Waals surface area (Å²) in [4.78, 5) is 41.2. The minimum atomic E-state index is -4.52. The molecule has 0 saturated heterocycles. The summed E-state index contributed by atoms with van der Waals surface area (Å²) < 4.78 is 45.2. The highest BCUT2D eigenvalue weighted by molar-refractivity contribution is 5.92. The van der Waals surface area contributed by atoms with Crippen LogP contribution in [-0.4, -0.2) is 61.5 Å². The Bertz CT molecular complexity index is 1070. The largest absolute Gasteiger partial charge is 0.463 e. The van der Waals surface area contributed by atoms with Crippen LogP contribution in [0.3, 0.4) is 0 Å². The van der Waals surface area contributed by atoms with Crippen molar-refractivity contribution in [2.75, 3.05) is 20.7 Å². The summed E-state index contributed by atoms with van der Waals surface area (Å²) in [5.74, 6) is -1.41. The third-order valence-corrected chi connectivity index (χ3v) is 7.10. The van der Waals surface area contributed by atoms with Crippen molar-refractivity contribution in [3.63, 3.8) is 0 Å². The molecule has 0 aliphatic rings. The molecule has 1 unspecified atom stereocenters. The summed E-state index contributed by atoms with van der Waals surface area (Å²) in [6.45, 7) is 16.2. The second kappa shape index (κ2) is 13.7. The van der Waals surface area contributed by atoms with Crippen LogP contribution in [-0.2, 0) is 30.7 Å². The molecule has 1 aromatic rings. The van der Waals surface area contributed by atoms with Gasteiger partial charge in [-0.1, -0.05) is 72.7 Å². The number of ether oxygens (including phenoxy) is 1. The number of carbonyl (C=O) groups is 3. The van der Waals surface area contributed by atoms with Gasteiger partial charge in [-0.05, 0) is 43.9 Å². The fraction of sp³-hybridized carbons (Fsp3) is 0.633. The van der Waals surface area contributed by atoms with Gasteiger partial charge in [0.15, 0.2) is 0 Å². The molecule has 0 saturated carbocycles. The number of carbonyl (C=O) groups excluding carboxylic acids is 3. The fourth-order valence-electron chi connectivity index (χ4n) is 4.63. The van der Waals surface area contributed by atoms with Crippen LogP contribution in [0.1, 0.15) is 73.4 Å². The monoisotopic (exact) mass is 569 g/mol. The lowest BCUT2D eigenvalue weighted by molar-refractivity contribution is -0.141. The normalized spacial score (nSPS) is 15.3. The van der Waals surface area contributed by atoms with Crippen molar-refractivity contribution in [1.82, 2.24) is 15.5 Å².